The number of rotatable bonds is 6. The zero-order valence-electron chi connectivity index (χ0n) is 15.9. The summed E-state index contributed by atoms with van der Waals surface area (Å²) < 4.78 is 34.9. The van der Waals surface area contributed by atoms with Gasteiger partial charge in [-0.15, -0.1) is 0 Å². The van der Waals surface area contributed by atoms with Crippen molar-refractivity contribution in [3.05, 3.63) is 65.9 Å². The van der Waals surface area contributed by atoms with Crippen LogP contribution in [0.5, 0.6) is 5.75 Å². The van der Waals surface area contributed by atoms with Crippen LogP contribution in [-0.4, -0.2) is 42.4 Å². The molecule has 4 rings (SSSR count). The molecule has 2 aromatic carbocycles. The molecule has 0 radical (unpaired) electrons. The van der Waals surface area contributed by atoms with Crippen molar-refractivity contribution in [2.75, 3.05) is 25.0 Å². The van der Waals surface area contributed by atoms with Gasteiger partial charge in [0.05, 0.1) is 18.4 Å². The highest BCUT2D eigenvalue weighted by molar-refractivity contribution is 6.03. The molecule has 0 unspecified atom stereocenters. The average molecular weight is 414 g/mol. The lowest BCUT2D eigenvalue weighted by Gasteiger charge is -2.24. The molecular weight excluding hydrogens is 394 g/mol. The maximum Gasteiger partial charge on any atom is 0.387 e. The largest absolute Gasteiger partial charge is 0.435 e. The molecule has 1 aliphatic heterocycles. The topological polar surface area (TPSA) is 88.3 Å². The van der Waals surface area contributed by atoms with Gasteiger partial charge in [-0.1, -0.05) is 24.3 Å². The standard InChI is InChI=1S/C21H20F2N4O3/c22-21(23)30-16-3-1-2-14(10-16)17-11-18(27-26-17)20(28)25-15-6-4-13(5-7-15)19-12-24-8-9-29-19/h1-7,10-11,19,21,24H,8-9,12H2,(H,25,28)(H,26,27)/t19-/m1/s1. The van der Waals surface area contributed by atoms with Crippen LogP contribution in [0, 0.1) is 0 Å². The molecule has 156 valence electrons. The Morgan fingerprint density at radius 1 is 1.20 bits per heavy atom. The Balaban J connectivity index is 1.42. The number of anilines is 1. The van der Waals surface area contributed by atoms with Gasteiger partial charge in [-0.3, -0.25) is 9.89 Å². The van der Waals surface area contributed by atoms with E-state index in [0.29, 0.717) is 23.6 Å². The second-order valence-electron chi connectivity index (χ2n) is 6.71. The summed E-state index contributed by atoms with van der Waals surface area (Å²) in [5.41, 5.74) is 2.91. The van der Waals surface area contributed by atoms with E-state index >= 15 is 0 Å². The maximum absolute atomic E-state index is 12.5. The molecule has 2 heterocycles. The molecule has 1 aromatic heterocycles. The van der Waals surface area contributed by atoms with Crippen LogP contribution in [-0.2, 0) is 4.74 Å². The van der Waals surface area contributed by atoms with E-state index < -0.39 is 6.61 Å². The fourth-order valence-electron chi connectivity index (χ4n) is 3.18. The predicted molar refractivity (Wildman–Crippen MR) is 107 cm³/mol. The van der Waals surface area contributed by atoms with Crippen LogP contribution in [0.15, 0.2) is 54.6 Å². The number of hydrogen-bond donors (Lipinski definition) is 3. The summed E-state index contributed by atoms with van der Waals surface area (Å²) in [7, 11) is 0. The number of amides is 1. The van der Waals surface area contributed by atoms with E-state index in [1.807, 2.05) is 24.3 Å². The third-order valence-corrected chi connectivity index (χ3v) is 4.65. The highest BCUT2D eigenvalue weighted by atomic mass is 19.3. The van der Waals surface area contributed by atoms with Gasteiger partial charge in [0.2, 0.25) is 0 Å². The summed E-state index contributed by atoms with van der Waals surface area (Å²) >= 11 is 0. The number of nitrogens with zero attached hydrogens (tertiary/aromatic N) is 1. The average Bonchev–Trinajstić information content (AvgIpc) is 3.25. The quantitative estimate of drug-likeness (QED) is 0.574. The lowest BCUT2D eigenvalue weighted by molar-refractivity contribution is -0.0498. The van der Waals surface area contributed by atoms with Gasteiger partial charge >= 0.3 is 6.61 Å². The van der Waals surface area contributed by atoms with Gasteiger partial charge in [0.1, 0.15) is 11.4 Å². The minimum absolute atomic E-state index is 0.00322. The third-order valence-electron chi connectivity index (χ3n) is 4.65. The summed E-state index contributed by atoms with van der Waals surface area (Å²) in [6, 6.07) is 15.1. The van der Waals surface area contributed by atoms with Gasteiger partial charge in [-0.2, -0.15) is 13.9 Å². The molecule has 1 aliphatic rings. The molecule has 0 saturated carbocycles. The number of carbonyl (C=O) groups is 1. The SMILES string of the molecule is O=C(Nc1ccc([C@H]2CNCCO2)cc1)c1cc(-c2cccc(OC(F)F)c2)n[nH]1. The highest BCUT2D eigenvalue weighted by Crippen LogP contribution is 2.25. The third kappa shape index (κ3) is 4.81. The normalized spacial score (nSPS) is 16.4. The van der Waals surface area contributed by atoms with E-state index in [1.165, 1.54) is 12.1 Å². The van der Waals surface area contributed by atoms with Crippen molar-refractivity contribution in [1.29, 1.82) is 0 Å². The van der Waals surface area contributed by atoms with Gasteiger partial charge in [0.15, 0.2) is 0 Å². The lowest BCUT2D eigenvalue weighted by atomic mass is 10.1. The van der Waals surface area contributed by atoms with Crippen molar-refractivity contribution < 1.29 is 23.0 Å². The Morgan fingerprint density at radius 2 is 2.03 bits per heavy atom. The van der Waals surface area contributed by atoms with Gasteiger partial charge < -0.3 is 20.1 Å². The predicted octanol–water partition coefficient (Wildman–Crippen LogP) is 3.59. The zero-order valence-corrected chi connectivity index (χ0v) is 15.9. The number of benzene rings is 2. The number of nitrogens with one attached hydrogen (secondary N) is 3. The number of H-pyrrole nitrogens is 1. The molecule has 9 heteroatoms. The van der Waals surface area contributed by atoms with Crippen molar-refractivity contribution in [3.63, 3.8) is 0 Å². The Morgan fingerprint density at radius 3 is 2.77 bits per heavy atom. The summed E-state index contributed by atoms with van der Waals surface area (Å²) in [4.78, 5) is 12.5. The maximum atomic E-state index is 12.5. The van der Waals surface area contributed by atoms with E-state index in [2.05, 4.69) is 25.6 Å². The van der Waals surface area contributed by atoms with Crippen molar-refractivity contribution >= 4 is 11.6 Å². The van der Waals surface area contributed by atoms with Crippen molar-refractivity contribution in [1.82, 2.24) is 15.5 Å². The first-order valence-electron chi connectivity index (χ1n) is 9.43. The van der Waals surface area contributed by atoms with Crippen LogP contribution in [0.2, 0.25) is 0 Å². The molecule has 3 aromatic rings. The highest BCUT2D eigenvalue weighted by Gasteiger charge is 2.16. The first-order valence-corrected chi connectivity index (χ1v) is 9.43. The van der Waals surface area contributed by atoms with Crippen LogP contribution in [0.1, 0.15) is 22.2 Å². The van der Waals surface area contributed by atoms with E-state index in [4.69, 9.17) is 4.74 Å². The minimum atomic E-state index is -2.91. The van der Waals surface area contributed by atoms with E-state index in [-0.39, 0.29) is 23.5 Å². The molecule has 7 nitrogen and oxygen atoms in total. The minimum Gasteiger partial charge on any atom is -0.435 e. The first kappa shape index (κ1) is 20.0. The van der Waals surface area contributed by atoms with Gasteiger partial charge in [-0.05, 0) is 35.9 Å². The smallest absolute Gasteiger partial charge is 0.387 e. The summed E-state index contributed by atoms with van der Waals surface area (Å²) in [6.45, 7) is -0.636. The second kappa shape index (κ2) is 9.02. The number of aromatic nitrogens is 2. The molecule has 30 heavy (non-hydrogen) atoms. The van der Waals surface area contributed by atoms with Crippen LogP contribution >= 0.6 is 0 Å². The summed E-state index contributed by atoms with van der Waals surface area (Å²) in [5.74, 6) is -0.342. The number of aromatic amines is 1. The van der Waals surface area contributed by atoms with E-state index in [0.717, 1.165) is 18.7 Å². The van der Waals surface area contributed by atoms with Crippen molar-refractivity contribution in [2.24, 2.45) is 0 Å². The number of carbonyl (C=O) groups excluding carboxylic acids is 1. The van der Waals surface area contributed by atoms with Gasteiger partial charge in [0.25, 0.3) is 5.91 Å². The zero-order chi connectivity index (χ0) is 20.9. The summed E-state index contributed by atoms with van der Waals surface area (Å²) in [6.07, 6.45) is 0.00322. The lowest BCUT2D eigenvalue weighted by Crippen LogP contribution is -2.33. The molecule has 1 saturated heterocycles. The van der Waals surface area contributed by atoms with E-state index in [9.17, 15) is 13.6 Å². The second-order valence-corrected chi connectivity index (χ2v) is 6.71. The first-order chi connectivity index (χ1) is 14.6. The Hall–Kier alpha value is -3.30. The fraction of sp³-hybridized carbons (Fsp3) is 0.238. The molecular formula is C21H20F2N4O3. The number of ether oxygens (including phenoxy) is 2. The van der Waals surface area contributed by atoms with E-state index in [1.54, 1.807) is 18.2 Å². The van der Waals surface area contributed by atoms with Crippen LogP contribution in [0.3, 0.4) is 0 Å². The van der Waals surface area contributed by atoms with Crippen molar-refractivity contribution in [3.8, 4) is 17.0 Å². The molecule has 0 bridgehead atoms. The Bertz CT molecular complexity index is 1000. The fourth-order valence-corrected chi connectivity index (χ4v) is 3.18. The molecule has 1 fully saturated rings. The molecule has 1 atom stereocenters. The number of hydrogen-bond acceptors (Lipinski definition) is 5. The molecule has 0 aliphatic carbocycles. The number of alkyl halides is 2. The number of morpholine rings is 1. The number of halogens is 2. The Labute approximate surface area is 171 Å². The summed E-state index contributed by atoms with van der Waals surface area (Å²) in [5, 5.41) is 12.8. The molecule has 3 N–H and O–H groups in total. The van der Waals surface area contributed by atoms with Gasteiger partial charge in [0, 0.05) is 24.3 Å². The monoisotopic (exact) mass is 414 g/mol. The molecule has 1 amide bonds. The van der Waals surface area contributed by atoms with Crippen LogP contribution < -0.4 is 15.4 Å². The molecule has 0 spiro atoms. The van der Waals surface area contributed by atoms with Gasteiger partial charge in [-0.25, -0.2) is 0 Å². The Kier molecular flexibility index (Phi) is 6.01. The van der Waals surface area contributed by atoms with Crippen LogP contribution in [0.4, 0.5) is 14.5 Å². The van der Waals surface area contributed by atoms with Crippen molar-refractivity contribution in [2.45, 2.75) is 12.7 Å². The van der Waals surface area contributed by atoms with Crippen LogP contribution in [0.25, 0.3) is 11.3 Å².